The Labute approximate surface area is 130 Å². The van der Waals surface area contributed by atoms with Crippen molar-refractivity contribution in [2.75, 3.05) is 5.32 Å². The summed E-state index contributed by atoms with van der Waals surface area (Å²) < 4.78 is 6.75. The fraction of sp³-hybridized carbons (Fsp3) is 0.625. The zero-order chi connectivity index (χ0) is 16.3. The monoisotopic (exact) mass is 308 g/mol. The Morgan fingerprint density at radius 2 is 2.14 bits per heavy atom. The summed E-state index contributed by atoms with van der Waals surface area (Å²) in [6.07, 6.45) is 3.77. The summed E-state index contributed by atoms with van der Waals surface area (Å²) in [5.74, 6) is 0. The van der Waals surface area contributed by atoms with Gasteiger partial charge in [-0.15, -0.1) is 0 Å². The van der Waals surface area contributed by atoms with Crippen molar-refractivity contribution in [1.29, 1.82) is 0 Å². The van der Waals surface area contributed by atoms with Crippen LogP contribution in [0.1, 0.15) is 52.5 Å². The van der Waals surface area contributed by atoms with Crippen LogP contribution in [0.3, 0.4) is 0 Å². The molecule has 2 atom stereocenters. The molecule has 2 rings (SSSR count). The van der Waals surface area contributed by atoms with E-state index in [-0.39, 0.29) is 23.4 Å². The first-order valence-corrected chi connectivity index (χ1v) is 7.65. The molecule has 1 saturated carbocycles. The van der Waals surface area contributed by atoms with Crippen LogP contribution in [0, 0.1) is 0 Å². The van der Waals surface area contributed by atoms with Crippen molar-refractivity contribution < 1.29 is 14.6 Å². The van der Waals surface area contributed by atoms with Gasteiger partial charge in [0.05, 0.1) is 6.10 Å². The van der Waals surface area contributed by atoms with Gasteiger partial charge in [0.25, 0.3) is 5.56 Å². The molecule has 0 aromatic carbocycles. The molecule has 122 valence electrons. The van der Waals surface area contributed by atoms with E-state index in [1.54, 1.807) is 43.7 Å². The van der Waals surface area contributed by atoms with Gasteiger partial charge < -0.3 is 14.4 Å². The number of anilines is 1. The number of ether oxygens (including phenoxy) is 1. The zero-order valence-corrected chi connectivity index (χ0v) is 13.3. The van der Waals surface area contributed by atoms with Crippen LogP contribution in [-0.4, -0.2) is 27.5 Å². The molecule has 6 heteroatoms. The Morgan fingerprint density at radius 3 is 2.77 bits per heavy atom. The number of carbonyl (C=O) groups excluding carboxylic acids is 1. The second-order valence-electron chi connectivity index (χ2n) is 6.74. The predicted octanol–water partition coefficient (Wildman–Crippen LogP) is 2.67. The van der Waals surface area contributed by atoms with E-state index in [2.05, 4.69) is 5.32 Å². The number of nitrogens with one attached hydrogen (secondary N) is 1. The molecule has 1 aliphatic rings. The maximum absolute atomic E-state index is 12.5. The minimum Gasteiger partial charge on any atom is -0.444 e. The highest BCUT2D eigenvalue weighted by molar-refractivity contribution is 5.84. The second kappa shape index (κ2) is 6.52. The third kappa shape index (κ3) is 4.34. The molecule has 0 saturated heterocycles. The third-order valence-corrected chi connectivity index (χ3v) is 3.62. The van der Waals surface area contributed by atoms with E-state index in [0.29, 0.717) is 6.42 Å². The van der Waals surface area contributed by atoms with Gasteiger partial charge in [-0.1, -0.05) is 0 Å². The number of pyridine rings is 1. The molecule has 1 unspecified atom stereocenters. The molecule has 1 aromatic heterocycles. The Kier molecular flexibility index (Phi) is 4.90. The molecule has 1 fully saturated rings. The molecular weight excluding hydrogens is 284 g/mol. The minimum absolute atomic E-state index is 0.0309. The standard InChI is InChI=1S/C16H24N2O4/c1-16(2,3)22-15(21)17-13-8-5-9-18(14(13)20)11-6-4-7-12(19)10-11/h5,8-9,11-12,19H,4,6-7,10H2,1-3H3,(H,17,21)/t11?,12-/m1/s1. The fourth-order valence-corrected chi connectivity index (χ4v) is 2.70. The maximum atomic E-state index is 12.5. The van der Waals surface area contributed by atoms with Gasteiger partial charge in [-0.25, -0.2) is 4.79 Å². The Balaban J connectivity index is 2.15. The normalized spacial score (nSPS) is 22.2. The third-order valence-electron chi connectivity index (χ3n) is 3.62. The zero-order valence-electron chi connectivity index (χ0n) is 13.3. The number of hydrogen-bond acceptors (Lipinski definition) is 4. The van der Waals surface area contributed by atoms with Crippen LogP contribution in [0.25, 0.3) is 0 Å². The van der Waals surface area contributed by atoms with Crippen molar-refractivity contribution in [3.05, 3.63) is 28.7 Å². The molecule has 1 aliphatic carbocycles. The van der Waals surface area contributed by atoms with Crippen molar-refractivity contribution in [2.45, 2.75) is 64.2 Å². The van der Waals surface area contributed by atoms with Crippen molar-refractivity contribution >= 4 is 11.8 Å². The van der Waals surface area contributed by atoms with Crippen LogP contribution in [0.2, 0.25) is 0 Å². The number of hydrogen-bond donors (Lipinski definition) is 2. The fourth-order valence-electron chi connectivity index (χ4n) is 2.70. The first kappa shape index (κ1) is 16.5. The number of aliphatic hydroxyl groups is 1. The van der Waals surface area contributed by atoms with Crippen molar-refractivity contribution in [3.63, 3.8) is 0 Å². The maximum Gasteiger partial charge on any atom is 0.412 e. The van der Waals surface area contributed by atoms with E-state index in [1.807, 2.05) is 0 Å². The number of amides is 1. The summed E-state index contributed by atoms with van der Waals surface area (Å²) >= 11 is 0. The SMILES string of the molecule is CC(C)(C)OC(=O)Nc1cccn(C2CCC[C@@H](O)C2)c1=O. The van der Waals surface area contributed by atoms with Crippen molar-refractivity contribution in [3.8, 4) is 0 Å². The molecule has 1 aromatic rings. The van der Waals surface area contributed by atoms with Gasteiger partial charge in [-0.3, -0.25) is 10.1 Å². The van der Waals surface area contributed by atoms with Gasteiger partial charge in [-0.05, 0) is 58.6 Å². The summed E-state index contributed by atoms with van der Waals surface area (Å²) in [6, 6.07) is 3.24. The van der Waals surface area contributed by atoms with Gasteiger partial charge in [0.1, 0.15) is 11.3 Å². The van der Waals surface area contributed by atoms with E-state index < -0.39 is 11.7 Å². The molecule has 22 heavy (non-hydrogen) atoms. The highest BCUT2D eigenvalue weighted by atomic mass is 16.6. The molecule has 2 N–H and O–H groups in total. The summed E-state index contributed by atoms with van der Waals surface area (Å²) in [5, 5.41) is 12.3. The summed E-state index contributed by atoms with van der Waals surface area (Å²) in [5.41, 5.74) is -0.699. The Bertz CT molecular complexity index is 589. The van der Waals surface area contributed by atoms with E-state index in [0.717, 1.165) is 19.3 Å². The summed E-state index contributed by atoms with van der Waals surface area (Å²) in [6.45, 7) is 5.29. The highest BCUT2D eigenvalue weighted by Gasteiger charge is 2.23. The van der Waals surface area contributed by atoms with Crippen molar-refractivity contribution in [2.24, 2.45) is 0 Å². The molecule has 0 spiro atoms. The van der Waals surface area contributed by atoms with Crippen molar-refractivity contribution in [1.82, 2.24) is 4.57 Å². The van der Waals surface area contributed by atoms with E-state index in [1.165, 1.54) is 0 Å². The molecule has 0 aliphatic heterocycles. The van der Waals surface area contributed by atoms with Crippen LogP contribution >= 0.6 is 0 Å². The van der Waals surface area contributed by atoms with E-state index in [9.17, 15) is 14.7 Å². The molecule has 0 radical (unpaired) electrons. The van der Waals surface area contributed by atoms with Gasteiger partial charge in [0.2, 0.25) is 0 Å². The minimum atomic E-state index is -0.647. The van der Waals surface area contributed by atoms with Gasteiger partial charge in [-0.2, -0.15) is 0 Å². The lowest BCUT2D eigenvalue weighted by Crippen LogP contribution is -2.33. The predicted molar refractivity (Wildman–Crippen MR) is 84.1 cm³/mol. The average molecular weight is 308 g/mol. The number of nitrogens with zero attached hydrogens (tertiary/aromatic N) is 1. The van der Waals surface area contributed by atoms with Crippen LogP contribution in [0.15, 0.2) is 23.1 Å². The quantitative estimate of drug-likeness (QED) is 0.880. The largest absolute Gasteiger partial charge is 0.444 e. The topological polar surface area (TPSA) is 80.6 Å². The molecule has 6 nitrogen and oxygen atoms in total. The number of rotatable bonds is 2. The van der Waals surface area contributed by atoms with Gasteiger partial charge in [0, 0.05) is 12.2 Å². The number of aromatic nitrogens is 1. The van der Waals surface area contributed by atoms with Crippen LogP contribution in [0.5, 0.6) is 0 Å². The lowest BCUT2D eigenvalue weighted by Gasteiger charge is -2.27. The average Bonchev–Trinajstić information content (AvgIpc) is 2.39. The molecule has 1 amide bonds. The summed E-state index contributed by atoms with van der Waals surface area (Å²) in [7, 11) is 0. The molecular formula is C16H24N2O4. The molecule has 0 bridgehead atoms. The van der Waals surface area contributed by atoms with Gasteiger partial charge in [0.15, 0.2) is 0 Å². The highest BCUT2D eigenvalue weighted by Crippen LogP contribution is 2.27. The lowest BCUT2D eigenvalue weighted by atomic mass is 9.93. The van der Waals surface area contributed by atoms with E-state index in [4.69, 9.17) is 4.74 Å². The van der Waals surface area contributed by atoms with Crippen LogP contribution in [-0.2, 0) is 4.74 Å². The summed E-state index contributed by atoms with van der Waals surface area (Å²) in [4.78, 5) is 24.3. The lowest BCUT2D eigenvalue weighted by molar-refractivity contribution is 0.0635. The second-order valence-corrected chi connectivity index (χ2v) is 6.74. The Hall–Kier alpha value is -1.82. The van der Waals surface area contributed by atoms with Gasteiger partial charge >= 0.3 is 6.09 Å². The van der Waals surface area contributed by atoms with E-state index >= 15 is 0 Å². The number of carbonyl (C=O) groups is 1. The smallest absolute Gasteiger partial charge is 0.412 e. The first-order valence-electron chi connectivity index (χ1n) is 7.65. The Morgan fingerprint density at radius 1 is 1.41 bits per heavy atom. The number of aliphatic hydroxyl groups excluding tert-OH is 1. The van der Waals surface area contributed by atoms with Crippen LogP contribution in [0.4, 0.5) is 10.5 Å². The first-order chi connectivity index (χ1) is 10.3. The van der Waals surface area contributed by atoms with Crippen LogP contribution < -0.4 is 10.9 Å². The molecule has 1 heterocycles.